The Morgan fingerprint density at radius 1 is 0.509 bits per heavy atom. The number of rotatable bonds is 2. The van der Waals surface area contributed by atoms with Crippen LogP contribution in [0, 0.1) is 23.3 Å². The van der Waals surface area contributed by atoms with Crippen LogP contribution in [-0.2, 0) is 10.8 Å². The number of carbonyl (C=O) groups is 4. The molecule has 11 rings (SSSR count). The highest BCUT2D eigenvalue weighted by molar-refractivity contribution is 7.32. The van der Waals surface area contributed by atoms with Crippen LogP contribution in [0.5, 0.6) is 0 Å². The largest absolute Gasteiger partial charge is 0.288 e. The molecule has 5 aromatic rings. The molecule has 2 fully saturated rings. The first-order valence-corrected chi connectivity index (χ1v) is 21.0. The fourth-order valence-electron chi connectivity index (χ4n) is 10.5. The van der Waals surface area contributed by atoms with Crippen molar-refractivity contribution in [3.63, 3.8) is 0 Å². The molecule has 2 spiro atoms. The molecular formula is C44H28F4O4S3. The summed E-state index contributed by atoms with van der Waals surface area (Å²) in [4.78, 5) is 58.0. The van der Waals surface area contributed by atoms with Gasteiger partial charge in [0.1, 0.15) is 0 Å². The van der Waals surface area contributed by atoms with E-state index in [0.29, 0.717) is 0 Å². The number of fused-ring (bicyclic) bond motifs is 12. The predicted octanol–water partition coefficient (Wildman–Crippen LogP) is 11.9. The van der Waals surface area contributed by atoms with Crippen molar-refractivity contribution in [2.45, 2.75) is 75.0 Å². The van der Waals surface area contributed by atoms with Crippen LogP contribution in [-0.4, -0.2) is 23.1 Å². The number of halogens is 4. The summed E-state index contributed by atoms with van der Waals surface area (Å²) in [7, 11) is 0. The van der Waals surface area contributed by atoms with Gasteiger partial charge in [0.05, 0.1) is 20.7 Å². The van der Waals surface area contributed by atoms with Crippen molar-refractivity contribution < 1.29 is 36.7 Å². The minimum Gasteiger partial charge on any atom is -0.288 e. The first kappa shape index (κ1) is 33.7. The second-order valence-corrected chi connectivity index (χ2v) is 18.8. The highest BCUT2D eigenvalue weighted by atomic mass is 32.1. The molecule has 3 aromatic heterocycles. The average molecular weight is 793 g/mol. The Hall–Kier alpha value is -4.58. The van der Waals surface area contributed by atoms with Crippen molar-refractivity contribution in [1.29, 1.82) is 0 Å². The van der Waals surface area contributed by atoms with E-state index in [-0.39, 0.29) is 38.8 Å². The minimum atomic E-state index is -1.17. The molecule has 0 N–H and O–H groups in total. The van der Waals surface area contributed by atoms with Gasteiger partial charge in [-0.1, -0.05) is 38.5 Å². The van der Waals surface area contributed by atoms with E-state index in [1.54, 1.807) is 46.2 Å². The second kappa shape index (κ2) is 11.5. The predicted molar refractivity (Wildman–Crippen MR) is 206 cm³/mol. The van der Waals surface area contributed by atoms with E-state index in [1.165, 1.54) is 26.4 Å². The lowest BCUT2D eigenvalue weighted by atomic mass is 9.61. The van der Waals surface area contributed by atoms with Gasteiger partial charge in [-0.3, -0.25) is 19.2 Å². The smallest absolute Gasteiger partial charge is 0.197 e. The van der Waals surface area contributed by atoms with E-state index < -0.39 is 51.8 Å². The summed E-state index contributed by atoms with van der Waals surface area (Å²) in [6, 6.07) is 5.28. The average Bonchev–Trinajstić information content (AvgIpc) is 4.01. The fraction of sp³-hybridized carbons (Fsp3) is 0.273. The number of hydrogen-bond donors (Lipinski definition) is 0. The molecule has 0 aliphatic heterocycles. The zero-order valence-electron chi connectivity index (χ0n) is 29.1. The highest BCUT2D eigenvalue weighted by Crippen LogP contribution is 2.69. The summed E-state index contributed by atoms with van der Waals surface area (Å²) in [5.74, 6) is -7.02. The number of hydrogen-bond acceptors (Lipinski definition) is 7. The first-order chi connectivity index (χ1) is 26.5. The number of allylic oxidation sites excluding steroid dienone is 4. The van der Waals surface area contributed by atoms with E-state index in [2.05, 4.69) is 6.08 Å². The lowest BCUT2D eigenvalue weighted by Gasteiger charge is -2.42. The van der Waals surface area contributed by atoms with Crippen molar-refractivity contribution in [2.75, 3.05) is 0 Å². The van der Waals surface area contributed by atoms with Gasteiger partial charge in [-0.05, 0) is 90.9 Å². The molecule has 55 heavy (non-hydrogen) atoms. The summed E-state index contributed by atoms with van der Waals surface area (Å²) < 4.78 is 58.6. The monoisotopic (exact) mass is 792 g/mol. The van der Waals surface area contributed by atoms with Crippen LogP contribution in [0.2, 0.25) is 0 Å². The van der Waals surface area contributed by atoms with Gasteiger partial charge in [0, 0.05) is 58.0 Å². The fourth-order valence-corrected chi connectivity index (χ4v) is 14.9. The molecule has 0 unspecified atom stereocenters. The third kappa shape index (κ3) is 4.37. The van der Waals surface area contributed by atoms with Crippen molar-refractivity contribution in [2.24, 2.45) is 0 Å². The topological polar surface area (TPSA) is 68.3 Å². The molecule has 4 nitrogen and oxygen atoms in total. The molecule has 2 saturated carbocycles. The van der Waals surface area contributed by atoms with Crippen molar-refractivity contribution in [3.05, 3.63) is 125 Å². The number of Topliss-reactive ketones (excluding diaryl/α,β-unsaturated/α-hetero) is 4. The standard InChI is InChI=1S/C44H28F4O4S3/c45-27-15-21-22(16-28(27)46)37(50)25(36(21)49)11-19-12-31-33(43(19)7-3-1-4-8-43)34-41(54-31)42-35(44(34)9-5-2-6-10-44)40-32(55-42)14-20(53-40)13-26-38(51)23-17-29(47)30(48)18-24(23)39(26)52/h11-18H,1-10H2. The zero-order chi connectivity index (χ0) is 37.7. The molecule has 2 aromatic carbocycles. The maximum absolute atomic E-state index is 14.2. The minimum absolute atomic E-state index is 0.0472. The first-order valence-electron chi connectivity index (χ1n) is 18.6. The lowest BCUT2D eigenvalue weighted by molar-refractivity contribution is 0.0973. The molecule has 0 amide bonds. The Kier molecular flexibility index (Phi) is 7.05. The highest BCUT2D eigenvalue weighted by Gasteiger charge is 2.55. The number of carbonyl (C=O) groups excluding carboxylic acids is 4. The van der Waals surface area contributed by atoms with Crippen molar-refractivity contribution >= 4 is 78.7 Å². The molecular weight excluding hydrogens is 765 g/mol. The SMILES string of the molecule is O=C1C(=CC2=Cc3sc4c(c3C23CCCCC3)C2(CCCCC2)c2c-4sc3cc(C=C4C(=O)c5cc(F)c(F)cc5C4=O)sc23)C(=O)c2cc(F)c(F)cc21. The van der Waals surface area contributed by atoms with Crippen LogP contribution in [0.1, 0.15) is 132 Å². The summed E-state index contributed by atoms with van der Waals surface area (Å²) in [5.41, 5.74) is 3.65. The summed E-state index contributed by atoms with van der Waals surface area (Å²) in [6.45, 7) is 0. The van der Waals surface area contributed by atoms with Crippen LogP contribution in [0.3, 0.4) is 0 Å². The van der Waals surface area contributed by atoms with Gasteiger partial charge in [0.2, 0.25) is 0 Å². The van der Waals surface area contributed by atoms with Gasteiger partial charge in [0.25, 0.3) is 0 Å². The Morgan fingerprint density at radius 3 is 1.51 bits per heavy atom. The zero-order valence-corrected chi connectivity index (χ0v) is 31.5. The molecule has 11 heteroatoms. The van der Waals surface area contributed by atoms with Gasteiger partial charge in [-0.2, -0.15) is 0 Å². The van der Waals surface area contributed by atoms with E-state index in [9.17, 15) is 36.7 Å². The normalized spacial score (nSPS) is 20.1. The van der Waals surface area contributed by atoms with E-state index in [1.807, 2.05) is 6.07 Å². The number of benzene rings is 2. The molecule has 3 heterocycles. The van der Waals surface area contributed by atoms with E-state index in [0.717, 1.165) is 113 Å². The van der Waals surface area contributed by atoms with Crippen LogP contribution in [0.4, 0.5) is 17.6 Å². The van der Waals surface area contributed by atoms with Crippen LogP contribution >= 0.6 is 34.0 Å². The third-order valence-electron chi connectivity index (χ3n) is 12.9. The third-order valence-corrected chi connectivity index (χ3v) is 16.5. The van der Waals surface area contributed by atoms with Gasteiger partial charge in [-0.15, -0.1) is 34.0 Å². The summed E-state index contributed by atoms with van der Waals surface area (Å²) in [5, 5.41) is 0. The Balaban J connectivity index is 1.04. The second-order valence-electron chi connectivity index (χ2n) is 15.6. The van der Waals surface area contributed by atoms with Crippen molar-refractivity contribution in [1.82, 2.24) is 0 Å². The lowest BCUT2D eigenvalue weighted by Crippen LogP contribution is -2.35. The van der Waals surface area contributed by atoms with Crippen LogP contribution in [0.15, 0.2) is 53.1 Å². The van der Waals surface area contributed by atoms with Crippen molar-refractivity contribution in [3.8, 4) is 9.75 Å². The van der Waals surface area contributed by atoms with Crippen LogP contribution in [0.25, 0.3) is 31.3 Å². The van der Waals surface area contributed by atoms with E-state index in [4.69, 9.17) is 0 Å². The molecule has 0 radical (unpaired) electrons. The maximum Gasteiger partial charge on any atom is 0.197 e. The number of ketones is 4. The number of thiophene rings is 3. The quantitative estimate of drug-likeness (QED) is 0.101. The van der Waals surface area contributed by atoms with Crippen LogP contribution < -0.4 is 0 Å². The van der Waals surface area contributed by atoms with Gasteiger partial charge < -0.3 is 0 Å². The molecule has 6 aliphatic rings. The summed E-state index contributed by atoms with van der Waals surface area (Å²) in [6.07, 6.45) is 15.4. The van der Waals surface area contributed by atoms with Gasteiger partial charge in [0.15, 0.2) is 46.4 Å². The van der Waals surface area contributed by atoms with Gasteiger partial charge in [-0.25, -0.2) is 17.6 Å². The molecule has 6 aliphatic carbocycles. The Morgan fingerprint density at radius 2 is 0.982 bits per heavy atom. The van der Waals surface area contributed by atoms with Gasteiger partial charge >= 0.3 is 0 Å². The Bertz CT molecular complexity index is 2710. The molecule has 0 bridgehead atoms. The Labute approximate surface area is 323 Å². The summed E-state index contributed by atoms with van der Waals surface area (Å²) >= 11 is 5.03. The van der Waals surface area contributed by atoms with E-state index >= 15 is 0 Å². The molecule has 274 valence electrons. The molecule has 0 saturated heterocycles. The molecule has 0 atom stereocenters. The maximum atomic E-state index is 14.2.